The predicted octanol–water partition coefficient (Wildman–Crippen LogP) is 6.80. The highest BCUT2D eigenvalue weighted by Gasteiger charge is 2.21. The van der Waals surface area contributed by atoms with Crippen molar-refractivity contribution in [3.8, 4) is 0 Å². The zero-order valence-electron chi connectivity index (χ0n) is 21.4. The van der Waals surface area contributed by atoms with Gasteiger partial charge in [0.05, 0.1) is 21.2 Å². The van der Waals surface area contributed by atoms with E-state index in [0.29, 0.717) is 16.5 Å². The summed E-state index contributed by atoms with van der Waals surface area (Å²) in [5, 5.41) is 23.6. The van der Waals surface area contributed by atoms with E-state index >= 15 is 0 Å². The first-order chi connectivity index (χ1) is 19.3. The molecule has 4 rings (SSSR count). The number of nitro benzene ring substituents is 2. The van der Waals surface area contributed by atoms with Crippen LogP contribution in [-0.2, 0) is 0 Å². The third kappa shape index (κ3) is 9.80. The van der Waals surface area contributed by atoms with E-state index in [0.717, 1.165) is 11.1 Å². The van der Waals surface area contributed by atoms with E-state index in [-0.39, 0.29) is 27.7 Å². The van der Waals surface area contributed by atoms with Gasteiger partial charge in [-0.3, -0.25) is 29.8 Å². The summed E-state index contributed by atoms with van der Waals surface area (Å²) < 4.78 is 0. The summed E-state index contributed by atoms with van der Waals surface area (Å²) in [4.78, 5) is 50.6. The maximum atomic E-state index is 12.1. The largest absolute Gasteiger partial charge is 0.396 e. The molecule has 0 aliphatic rings. The minimum atomic E-state index is -0.810. The molecule has 2 aromatic heterocycles. The van der Waals surface area contributed by atoms with Gasteiger partial charge in [0.2, 0.25) is 0 Å². The van der Waals surface area contributed by atoms with Crippen LogP contribution in [0.15, 0.2) is 73.1 Å². The smallest absolute Gasteiger partial charge is 0.282 e. The molecule has 41 heavy (non-hydrogen) atoms. The third-order valence-electron chi connectivity index (χ3n) is 4.95. The summed E-state index contributed by atoms with van der Waals surface area (Å²) in [6.07, 6.45) is 3.08. The van der Waals surface area contributed by atoms with Crippen LogP contribution in [0.25, 0.3) is 0 Å². The highest BCUT2D eigenvalue weighted by molar-refractivity contribution is 6.68. The van der Waals surface area contributed by atoms with E-state index in [1.54, 1.807) is 56.4 Å². The SMILES string of the molecule is Cc1ccc([N+](=O)[O-])c(C(=O)Cl)c1.Cc1ccc([N+](=O)[O-])c(C(=O)Nc2cccnc2Cl)c1.Nc1cccnc1Cl. The molecular weight excluding hydrogens is 599 g/mol. The Morgan fingerprint density at radius 2 is 1.29 bits per heavy atom. The first-order valence-corrected chi connectivity index (χ1v) is 12.4. The Hall–Kier alpha value is -4.65. The number of aromatic nitrogens is 2. The summed E-state index contributed by atoms with van der Waals surface area (Å²) in [7, 11) is 0. The van der Waals surface area contributed by atoms with Crippen LogP contribution in [0, 0.1) is 34.1 Å². The Morgan fingerprint density at radius 1 is 0.805 bits per heavy atom. The van der Waals surface area contributed by atoms with Crippen molar-refractivity contribution in [2.45, 2.75) is 13.8 Å². The number of nitrogens with one attached hydrogen (secondary N) is 1. The fourth-order valence-electron chi connectivity index (χ4n) is 3.02. The van der Waals surface area contributed by atoms with Crippen molar-refractivity contribution in [3.63, 3.8) is 0 Å². The van der Waals surface area contributed by atoms with Gasteiger partial charge in [-0.15, -0.1) is 0 Å². The molecular formula is C26H21Cl3N6O6. The van der Waals surface area contributed by atoms with Gasteiger partial charge in [0.15, 0.2) is 10.3 Å². The normalized spacial score (nSPS) is 9.78. The number of benzene rings is 2. The maximum absolute atomic E-state index is 12.1. The molecule has 0 atom stereocenters. The highest BCUT2D eigenvalue weighted by atomic mass is 35.5. The summed E-state index contributed by atoms with van der Waals surface area (Å²) >= 11 is 16.5. The monoisotopic (exact) mass is 618 g/mol. The van der Waals surface area contributed by atoms with E-state index < -0.39 is 21.0 Å². The van der Waals surface area contributed by atoms with Gasteiger partial charge in [-0.25, -0.2) is 9.97 Å². The third-order valence-corrected chi connectivity index (χ3v) is 5.77. The molecule has 1 amide bonds. The number of halogens is 3. The number of hydrogen-bond acceptors (Lipinski definition) is 9. The predicted molar refractivity (Wildman–Crippen MR) is 157 cm³/mol. The lowest BCUT2D eigenvalue weighted by molar-refractivity contribution is -0.385. The topological polar surface area (TPSA) is 184 Å². The number of nitrogens with two attached hydrogens (primary N) is 1. The van der Waals surface area contributed by atoms with Crippen LogP contribution >= 0.6 is 34.8 Å². The van der Waals surface area contributed by atoms with E-state index in [9.17, 15) is 29.8 Å². The number of nitrogens with zero attached hydrogens (tertiary/aromatic N) is 4. The lowest BCUT2D eigenvalue weighted by Crippen LogP contribution is -2.14. The highest BCUT2D eigenvalue weighted by Crippen LogP contribution is 2.24. The number of aryl methyl sites for hydroxylation is 2. The summed E-state index contributed by atoms with van der Waals surface area (Å²) in [6.45, 7) is 3.48. The number of nitrogen functional groups attached to an aromatic ring is 1. The first kappa shape index (κ1) is 32.6. The molecule has 0 aliphatic heterocycles. The number of carbonyl (C=O) groups is 2. The quantitative estimate of drug-likeness (QED) is 0.105. The molecule has 12 nitrogen and oxygen atoms in total. The fraction of sp³-hybridized carbons (Fsp3) is 0.0769. The average molecular weight is 620 g/mol. The van der Waals surface area contributed by atoms with E-state index in [2.05, 4.69) is 15.3 Å². The standard InChI is InChI=1S/C13H10ClN3O3.C8H6ClNO3.C5H5ClN2/c1-8-4-5-11(17(19)20)9(7-8)13(18)16-10-3-2-6-15-12(10)14;1-5-2-3-7(10(12)13)6(4-5)8(9)11;6-5-4(7)2-1-3-8-5/h2-7H,1H3,(H,16,18);2-4H,1H3;1-3H,7H2. The Balaban J connectivity index is 0.000000239. The van der Waals surface area contributed by atoms with Crippen molar-refractivity contribution in [2.24, 2.45) is 0 Å². The molecule has 0 saturated heterocycles. The van der Waals surface area contributed by atoms with E-state index in [1.165, 1.54) is 30.5 Å². The van der Waals surface area contributed by atoms with Gasteiger partial charge in [-0.2, -0.15) is 0 Å². The minimum Gasteiger partial charge on any atom is -0.396 e. The van der Waals surface area contributed by atoms with Gasteiger partial charge < -0.3 is 11.1 Å². The van der Waals surface area contributed by atoms with Gasteiger partial charge in [0.25, 0.3) is 22.5 Å². The molecule has 3 N–H and O–H groups in total. The van der Waals surface area contributed by atoms with Crippen molar-refractivity contribution in [1.29, 1.82) is 0 Å². The van der Waals surface area contributed by atoms with Crippen molar-refractivity contribution >= 4 is 68.7 Å². The zero-order chi connectivity index (χ0) is 30.7. The van der Waals surface area contributed by atoms with Crippen molar-refractivity contribution in [2.75, 3.05) is 11.1 Å². The molecule has 4 aromatic rings. The van der Waals surface area contributed by atoms with Gasteiger partial charge in [-0.1, -0.05) is 35.3 Å². The van der Waals surface area contributed by atoms with Crippen LogP contribution in [0.1, 0.15) is 31.8 Å². The lowest BCUT2D eigenvalue weighted by Gasteiger charge is -2.07. The summed E-state index contributed by atoms with van der Waals surface area (Å²) in [5.41, 5.74) is 7.06. The molecule has 0 aliphatic carbocycles. The molecule has 0 radical (unpaired) electrons. The van der Waals surface area contributed by atoms with Gasteiger partial charge in [0.1, 0.15) is 11.1 Å². The van der Waals surface area contributed by atoms with Gasteiger partial charge >= 0.3 is 0 Å². The number of carbonyl (C=O) groups excluding carboxylic acids is 2. The van der Waals surface area contributed by atoms with Crippen LogP contribution in [0.2, 0.25) is 10.3 Å². The fourth-order valence-corrected chi connectivity index (χ4v) is 3.46. The van der Waals surface area contributed by atoms with Gasteiger partial charge in [0, 0.05) is 24.5 Å². The van der Waals surface area contributed by atoms with E-state index in [4.69, 9.17) is 40.5 Å². The molecule has 0 unspecified atom stereocenters. The molecule has 2 aromatic carbocycles. The second kappa shape index (κ2) is 15.2. The summed E-state index contributed by atoms with van der Waals surface area (Å²) in [6, 6.07) is 15.2. The second-order valence-electron chi connectivity index (χ2n) is 8.01. The molecule has 0 saturated carbocycles. The second-order valence-corrected chi connectivity index (χ2v) is 9.07. The first-order valence-electron chi connectivity index (χ1n) is 11.3. The molecule has 0 spiro atoms. The Bertz CT molecular complexity index is 1580. The van der Waals surface area contributed by atoms with Crippen molar-refractivity contribution in [1.82, 2.24) is 9.97 Å². The lowest BCUT2D eigenvalue weighted by atomic mass is 10.1. The van der Waals surface area contributed by atoms with Crippen LogP contribution in [0.5, 0.6) is 0 Å². The average Bonchev–Trinajstić information content (AvgIpc) is 2.92. The molecule has 0 fully saturated rings. The van der Waals surface area contributed by atoms with Crippen LogP contribution < -0.4 is 11.1 Å². The number of rotatable bonds is 5. The number of pyridine rings is 2. The summed E-state index contributed by atoms with van der Waals surface area (Å²) in [5.74, 6) is -0.602. The molecule has 212 valence electrons. The molecule has 0 bridgehead atoms. The maximum Gasteiger partial charge on any atom is 0.282 e. The number of anilines is 2. The number of amides is 1. The van der Waals surface area contributed by atoms with Crippen LogP contribution in [0.4, 0.5) is 22.7 Å². The number of nitro groups is 2. The minimum absolute atomic E-state index is 0.0186. The van der Waals surface area contributed by atoms with Crippen molar-refractivity contribution < 1.29 is 19.4 Å². The van der Waals surface area contributed by atoms with Gasteiger partial charge in [-0.05, 0) is 73.0 Å². The van der Waals surface area contributed by atoms with Crippen LogP contribution in [0.3, 0.4) is 0 Å². The molecule has 2 heterocycles. The van der Waals surface area contributed by atoms with Crippen LogP contribution in [-0.4, -0.2) is 31.0 Å². The van der Waals surface area contributed by atoms with Crippen molar-refractivity contribution in [3.05, 3.63) is 126 Å². The van der Waals surface area contributed by atoms with E-state index in [1.807, 2.05) is 0 Å². The Labute approximate surface area is 248 Å². The Morgan fingerprint density at radius 3 is 1.73 bits per heavy atom. The number of hydrogen-bond donors (Lipinski definition) is 2. The molecule has 15 heteroatoms. The Kier molecular flexibility index (Phi) is 12.1. The zero-order valence-corrected chi connectivity index (χ0v) is 23.6.